The van der Waals surface area contributed by atoms with Crippen LogP contribution in [0.25, 0.3) is 0 Å². The van der Waals surface area contributed by atoms with E-state index in [2.05, 4.69) is 4.90 Å². The van der Waals surface area contributed by atoms with Crippen LogP contribution in [0.15, 0.2) is 54.6 Å². The highest BCUT2D eigenvalue weighted by atomic mass is 19.1. The average molecular weight is 397 g/mol. The molecule has 0 spiro atoms. The average Bonchev–Trinajstić information content (AvgIpc) is 3.29. The van der Waals surface area contributed by atoms with Crippen molar-refractivity contribution in [2.45, 2.75) is 44.4 Å². The van der Waals surface area contributed by atoms with Gasteiger partial charge < -0.3 is 9.64 Å². The summed E-state index contributed by atoms with van der Waals surface area (Å²) in [5.74, 6) is -0.100. The summed E-state index contributed by atoms with van der Waals surface area (Å²) in [6, 6.07) is 16.6. The Morgan fingerprint density at radius 3 is 2.52 bits per heavy atom. The van der Waals surface area contributed by atoms with Gasteiger partial charge in [0.25, 0.3) is 5.91 Å². The summed E-state index contributed by atoms with van der Waals surface area (Å²) >= 11 is 0. The van der Waals surface area contributed by atoms with Crippen LogP contribution in [-0.2, 0) is 11.3 Å². The van der Waals surface area contributed by atoms with Crippen LogP contribution in [0.1, 0.15) is 41.6 Å². The van der Waals surface area contributed by atoms with E-state index in [9.17, 15) is 9.18 Å². The third-order valence-corrected chi connectivity index (χ3v) is 5.99. The van der Waals surface area contributed by atoms with Gasteiger partial charge in [-0.1, -0.05) is 43.2 Å². The quantitative estimate of drug-likeness (QED) is 0.737. The molecule has 1 aliphatic heterocycles. The molecule has 154 valence electrons. The van der Waals surface area contributed by atoms with Gasteiger partial charge in [0, 0.05) is 37.8 Å². The molecule has 4 nitrogen and oxygen atoms in total. The summed E-state index contributed by atoms with van der Waals surface area (Å²) in [5.41, 5.74) is 1.85. The van der Waals surface area contributed by atoms with Gasteiger partial charge >= 0.3 is 0 Å². The summed E-state index contributed by atoms with van der Waals surface area (Å²) in [6.07, 6.45) is 4.52. The fourth-order valence-corrected chi connectivity index (χ4v) is 4.46. The number of halogens is 1. The molecule has 1 saturated heterocycles. The number of hydrogen-bond donors (Lipinski definition) is 0. The Balaban J connectivity index is 1.42. The second-order valence-corrected chi connectivity index (χ2v) is 8.12. The minimum Gasteiger partial charge on any atom is -0.374 e. The summed E-state index contributed by atoms with van der Waals surface area (Å²) in [4.78, 5) is 17.6. The van der Waals surface area contributed by atoms with E-state index in [-0.39, 0.29) is 17.8 Å². The number of morpholine rings is 1. The fourth-order valence-electron chi connectivity index (χ4n) is 4.46. The molecule has 1 aliphatic carbocycles. The zero-order valence-electron chi connectivity index (χ0n) is 16.8. The number of carbonyl (C=O) groups is 1. The lowest BCUT2D eigenvalue weighted by Crippen LogP contribution is -2.50. The molecule has 1 atom stereocenters. The molecular formula is C24H29FN2O2. The van der Waals surface area contributed by atoms with E-state index in [1.165, 1.54) is 25.0 Å². The van der Waals surface area contributed by atoms with Gasteiger partial charge in [0.15, 0.2) is 0 Å². The maximum Gasteiger partial charge on any atom is 0.254 e. The van der Waals surface area contributed by atoms with Crippen molar-refractivity contribution in [1.82, 2.24) is 9.80 Å². The Kier molecular flexibility index (Phi) is 6.57. The molecule has 0 bridgehead atoms. The van der Waals surface area contributed by atoms with E-state index in [4.69, 9.17) is 4.74 Å². The van der Waals surface area contributed by atoms with E-state index in [0.717, 1.165) is 43.6 Å². The predicted octanol–water partition coefficient (Wildman–Crippen LogP) is 4.11. The maximum absolute atomic E-state index is 13.2. The van der Waals surface area contributed by atoms with Gasteiger partial charge in [0.05, 0.1) is 12.7 Å². The zero-order chi connectivity index (χ0) is 20.1. The minimum absolute atomic E-state index is 0.00235. The minimum atomic E-state index is -0.208. The molecule has 5 heteroatoms. The van der Waals surface area contributed by atoms with Crippen molar-refractivity contribution < 1.29 is 13.9 Å². The monoisotopic (exact) mass is 396 g/mol. The number of hydrogen-bond acceptors (Lipinski definition) is 3. The van der Waals surface area contributed by atoms with Gasteiger partial charge in [-0.05, 0) is 42.7 Å². The molecule has 0 aromatic heterocycles. The second kappa shape index (κ2) is 9.51. The molecule has 4 rings (SSSR count). The highest BCUT2D eigenvalue weighted by Crippen LogP contribution is 2.26. The Labute approximate surface area is 172 Å². The topological polar surface area (TPSA) is 32.8 Å². The Morgan fingerprint density at radius 1 is 1.07 bits per heavy atom. The lowest BCUT2D eigenvalue weighted by Gasteiger charge is -2.38. The normalized spacial score (nSPS) is 20.7. The predicted molar refractivity (Wildman–Crippen MR) is 111 cm³/mol. The smallest absolute Gasteiger partial charge is 0.254 e. The Hall–Kier alpha value is -2.24. The van der Waals surface area contributed by atoms with Crippen molar-refractivity contribution in [3.8, 4) is 0 Å². The Morgan fingerprint density at radius 2 is 1.79 bits per heavy atom. The van der Waals surface area contributed by atoms with Crippen molar-refractivity contribution in [3.05, 3.63) is 71.5 Å². The largest absolute Gasteiger partial charge is 0.374 e. The van der Waals surface area contributed by atoms with Gasteiger partial charge in [0.1, 0.15) is 5.82 Å². The maximum atomic E-state index is 13.2. The molecule has 2 fully saturated rings. The van der Waals surface area contributed by atoms with Crippen molar-refractivity contribution in [2.24, 2.45) is 0 Å². The molecule has 1 heterocycles. The van der Waals surface area contributed by atoms with Crippen LogP contribution < -0.4 is 0 Å². The molecule has 0 N–H and O–H groups in total. The first-order valence-corrected chi connectivity index (χ1v) is 10.6. The van der Waals surface area contributed by atoms with E-state index >= 15 is 0 Å². The van der Waals surface area contributed by atoms with Crippen LogP contribution in [0, 0.1) is 5.82 Å². The summed E-state index contributed by atoms with van der Waals surface area (Å²) in [5, 5.41) is 0. The lowest BCUT2D eigenvalue weighted by molar-refractivity contribution is -0.0468. The third-order valence-electron chi connectivity index (χ3n) is 5.99. The first-order valence-electron chi connectivity index (χ1n) is 10.6. The van der Waals surface area contributed by atoms with Gasteiger partial charge in [-0.2, -0.15) is 0 Å². The fraction of sp³-hybridized carbons (Fsp3) is 0.458. The number of nitrogens with zero attached hydrogens (tertiary/aromatic N) is 2. The standard InChI is InChI=1S/C24H29FN2O2/c25-21-12-10-19(11-13-21)16-26-14-15-29-23(17-26)18-27(22-8-4-5-9-22)24(28)20-6-2-1-3-7-20/h1-3,6-7,10-13,22-23H,4-5,8-9,14-18H2. The molecule has 1 saturated carbocycles. The van der Waals surface area contributed by atoms with E-state index in [1.54, 1.807) is 0 Å². The highest BCUT2D eigenvalue weighted by Gasteiger charge is 2.31. The van der Waals surface area contributed by atoms with E-state index < -0.39 is 0 Å². The number of ether oxygens (including phenoxy) is 1. The van der Waals surface area contributed by atoms with Crippen LogP contribution in [0.3, 0.4) is 0 Å². The lowest BCUT2D eigenvalue weighted by atomic mass is 10.1. The van der Waals surface area contributed by atoms with Gasteiger partial charge in [-0.25, -0.2) is 4.39 Å². The molecule has 29 heavy (non-hydrogen) atoms. The van der Waals surface area contributed by atoms with Crippen LogP contribution in [-0.4, -0.2) is 54.1 Å². The molecule has 2 aliphatic rings. The van der Waals surface area contributed by atoms with Crippen molar-refractivity contribution in [2.75, 3.05) is 26.2 Å². The van der Waals surface area contributed by atoms with Gasteiger partial charge in [0.2, 0.25) is 0 Å². The van der Waals surface area contributed by atoms with E-state index in [1.807, 2.05) is 47.4 Å². The number of benzene rings is 2. The molecule has 1 amide bonds. The Bertz CT molecular complexity index is 790. The SMILES string of the molecule is O=C(c1ccccc1)N(CC1CN(Cc2ccc(F)cc2)CCO1)C1CCCC1. The summed E-state index contributed by atoms with van der Waals surface area (Å²) in [6.45, 7) is 3.69. The molecule has 2 aromatic carbocycles. The molecular weight excluding hydrogens is 367 g/mol. The van der Waals surface area contributed by atoms with Crippen molar-refractivity contribution in [1.29, 1.82) is 0 Å². The molecule has 1 unspecified atom stereocenters. The molecule has 0 radical (unpaired) electrons. The van der Waals surface area contributed by atoms with Gasteiger partial charge in [-0.3, -0.25) is 9.69 Å². The summed E-state index contributed by atoms with van der Waals surface area (Å²) < 4.78 is 19.2. The number of amides is 1. The van der Waals surface area contributed by atoms with Crippen LogP contribution in [0.5, 0.6) is 0 Å². The molecule has 2 aromatic rings. The van der Waals surface area contributed by atoms with Crippen molar-refractivity contribution >= 4 is 5.91 Å². The van der Waals surface area contributed by atoms with Crippen LogP contribution in [0.2, 0.25) is 0 Å². The first-order chi connectivity index (χ1) is 14.2. The first kappa shape index (κ1) is 20.0. The number of carbonyl (C=O) groups excluding carboxylic acids is 1. The van der Waals surface area contributed by atoms with Gasteiger partial charge in [-0.15, -0.1) is 0 Å². The third kappa shape index (κ3) is 5.22. The number of rotatable bonds is 6. The van der Waals surface area contributed by atoms with Crippen molar-refractivity contribution in [3.63, 3.8) is 0 Å². The second-order valence-electron chi connectivity index (χ2n) is 8.12. The summed E-state index contributed by atoms with van der Waals surface area (Å²) in [7, 11) is 0. The van der Waals surface area contributed by atoms with Crippen LogP contribution in [0.4, 0.5) is 4.39 Å². The highest BCUT2D eigenvalue weighted by molar-refractivity contribution is 5.94. The zero-order valence-corrected chi connectivity index (χ0v) is 16.8. The van der Waals surface area contributed by atoms with Crippen LogP contribution >= 0.6 is 0 Å². The van der Waals surface area contributed by atoms with E-state index in [0.29, 0.717) is 19.2 Å².